The zero-order valence-electron chi connectivity index (χ0n) is 24.2. The number of fused-ring (bicyclic) bond motifs is 6. The highest BCUT2D eigenvalue weighted by Gasteiger charge is 2.24. The third-order valence-corrected chi connectivity index (χ3v) is 8.58. The van der Waals surface area contributed by atoms with Gasteiger partial charge in [-0.05, 0) is 76.5 Å². The van der Waals surface area contributed by atoms with Gasteiger partial charge in [0, 0.05) is 10.8 Å². The summed E-state index contributed by atoms with van der Waals surface area (Å²) >= 11 is 0. The van der Waals surface area contributed by atoms with Crippen molar-refractivity contribution in [1.82, 2.24) is 9.13 Å². The van der Waals surface area contributed by atoms with Crippen molar-refractivity contribution in [3.05, 3.63) is 161 Å². The van der Waals surface area contributed by atoms with E-state index in [1.54, 1.807) is 6.07 Å². The van der Waals surface area contributed by atoms with Gasteiger partial charge in [0.2, 0.25) is 5.69 Å². The summed E-state index contributed by atoms with van der Waals surface area (Å²) in [6.45, 7) is 23.9. The Balaban J connectivity index is 1.57. The maximum atomic E-state index is 9.75. The van der Waals surface area contributed by atoms with Crippen LogP contribution in [0.3, 0.4) is 0 Å². The summed E-state index contributed by atoms with van der Waals surface area (Å²) in [6.07, 6.45) is 0. The van der Waals surface area contributed by atoms with Gasteiger partial charge in [0.1, 0.15) is 0 Å². The minimum Gasteiger partial charge on any atom is -0.319 e. The molecule has 8 aromatic rings. The number of rotatable bonds is 3. The number of nitrogens with zero attached hydrogens (tertiary/aromatic N) is 6. The summed E-state index contributed by atoms with van der Waals surface area (Å²) in [7, 11) is 0. The van der Waals surface area contributed by atoms with Crippen molar-refractivity contribution in [3.8, 4) is 28.6 Å². The first-order valence-electron chi connectivity index (χ1n) is 14.5. The highest BCUT2D eigenvalue weighted by atomic mass is 15.1. The Bertz CT molecular complexity index is 2750. The average molecular weight is 585 g/mol. The summed E-state index contributed by atoms with van der Waals surface area (Å²) in [5, 5.41) is 13.6. The SMILES string of the molecule is [C-]#[N+]c1ccc2c(c1)c1ccccc1n2-c1ccc(-c2cccc(C#N)c2)c(-n2c3ccccc3c3cc([N+]#[C-])ccc32)c1[N+]#[C-]. The molecule has 210 valence electrons. The third kappa shape index (κ3) is 3.79. The van der Waals surface area contributed by atoms with Gasteiger partial charge < -0.3 is 9.13 Å². The standard InChI is InChI=1S/C40H20N6/c1-42-27-15-18-36-32(22-27)30-11-4-6-13-34(30)45(36)38-20-17-29(26-10-8-9-25(21-26)24-41)40(39(38)44-3)46-35-14-7-5-12-31(35)33-23-28(43-2)16-19-37(33)46/h4-23H. The maximum absolute atomic E-state index is 9.75. The Kier molecular flexibility index (Phi) is 5.91. The van der Waals surface area contributed by atoms with Gasteiger partial charge >= 0.3 is 0 Å². The lowest BCUT2D eigenvalue weighted by molar-refractivity contribution is 1.15. The lowest BCUT2D eigenvalue weighted by atomic mass is 9.99. The molecule has 0 N–H and O–H groups in total. The number of aromatic nitrogens is 2. The highest BCUT2D eigenvalue weighted by molar-refractivity contribution is 6.13. The van der Waals surface area contributed by atoms with E-state index in [2.05, 4.69) is 29.7 Å². The van der Waals surface area contributed by atoms with E-state index >= 15 is 0 Å². The van der Waals surface area contributed by atoms with Crippen LogP contribution in [0, 0.1) is 31.0 Å². The molecule has 46 heavy (non-hydrogen) atoms. The maximum Gasteiger partial charge on any atom is 0.234 e. The first kappa shape index (κ1) is 26.5. The molecule has 0 amide bonds. The number of benzene rings is 6. The Labute approximate surface area is 264 Å². The van der Waals surface area contributed by atoms with E-state index in [4.69, 9.17) is 19.7 Å². The van der Waals surface area contributed by atoms with Gasteiger partial charge in [-0.2, -0.15) is 5.26 Å². The molecule has 0 radical (unpaired) electrons. The van der Waals surface area contributed by atoms with Crippen LogP contribution in [0.15, 0.2) is 121 Å². The molecule has 0 bridgehead atoms. The van der Waals surface area contributed by atoms with Crippen LogP contribution >= 0.6 is 0 Å². The number of hydrogen-bond donors (Lipinski definition) is 0. The molecule has 2 aromatic heterocycles. The average Bonchev–Trinajstić information content (AvgIpc) is 3.62. The van der Waals surface area contributed by atoms with Gasteiger partial charge in [-0.1, -0.05) is 66.7 Å². The fourth-order valence-electron chi connectivity index (χ4n) is 6.64. The molecule has 6 nitrogen and oxygen atoms in total. The zero-order chi connectivity index (χ0) is 31.4. The van der Waals surface area contributed by atoms with E-state index in [1.165, 1.54) is 0 Å². The summed E-state index contributed by atoms with van der Waals surface area (Å²) in [5.41, 5.74) is 8.68. The molecule has 0 aliphatic rings. The van der Waals surface area contributed by atoms with Gasteiger partial charge in [-0.3, -0.25) is 0 Å². The second kappa shape index (κ2) is 10.3. The van der Waals surface area contributed by atoms with E-state index < -0.39 is 0 Å². The molecule has 8 rings (SSSR count). The van der Waals surface area contributed by atoms with Crippen molar-refractivity contribution >= 4 is 60.7 Å². The van der Waals surface area contributed by atoms with Crippen molar-refractivity contribution in [2.75, 3.05) is 0 Å². The van der Waals surface area contributed by atoms with E-state index in [0.29, 0.717) is 34.0 Å². The molecule has 2 heterocycles. The molecule has 0 saturated heterocycles. The molecule has 0 fully saturated rings. The lowest BCUT2D eigenvalue weighted by Crippen LogP contribution is -2.02. The van der Waals surface area contributed by atoms with Crippen molar-refractivity contribution in [2.24, 2.45) is 0 Å². The molecule has 0 atom stereocenters. The monoisotopic (exact) mass is 584 g/mol. The number of nitriles is 1. The number of hydrogen-bond acceptors (Lipinski definition) is 1. The topological polar surface area (TPSA) is 46.7 Å². The summed E-state index contributed by atoms with van der Waals surface area (Å²) in [6, 6.07) is 41.1. The quantitative estimate of drug-likeness (QED) is 0.191. The zero-order valence-corrected chi connectivity index (χ0v) is 24.2. The molecule has 6 heteroatoms. The molecule has 0 saturated carbocycles. The van der Waals surface area contributed by atoms with Crippen LogP contribution in [-0.2, 0) is 0 Å². The van der Waals surface area contributed by atoms with Crippen LogP contribution < -0.4 is 0 Å². The van der Waals surface area contributed by atoms with Gasteiger partial charge in [0.05, 0.1) is 64.8 Å². The molecule has 6 aromatic carbocycles. The van der Waals surface area contributed by atoms with E-state index in [-0.39, 0.29) is 0 Å². The summed E-state index contributed by atoms with van der Waals surface area (Å²) in [4.78, 5) is 11.6. The van der Waals surface area contributed by atoms with E-state index in [1.807, 2.05) is 115 Å². The largest absolute Gasteiger partial charge is 0.319 e. The van der Waals surface area contributed by atoms with Gasteiger partial charge in [-0.25, -0.2) is 14.5 Å². The minimum atomic E-state index is 0.439. The van der Waals surface area contributed by atoms with E-state index in [0.717, 1.165) is 54.7 Å². The summed E-state index contributed by atoms with van der Waals surface area (Å²) < 4.78 is 4.23. The first-order chi connectivity index (χ1) is 22.6. The van der Waals surface area contributed by atoms with Crippen molar-refractivity contribution in [3.63, 3.8) is 0 Å². The predicted molar refractivity (Wildman–Crippen MR) is 184 cm³/mol. The van der Waals surface area contributed by atoms with Crippen molar-refractivity contribution < 1.29 is 0 Å². The highest BCUT2D eigenvalue weighted by Crippen LogP contribution is 2.46. The predicted octanol–water partition coefficient (Wildman–Crippen LogP) is 11.1. The Morgan fingerprint density at radius 1 is 0.522 bits per heavy atom. The Morgan fingerprint density at radius 2 is 1.11 bits per heavy atom. The van der Waals surface area contributed by atoms with Crippen molar-refractivity contribution in [1.29, 1.82) is 5.26 Å². The fraction of sp³-hybridized carbons (Fsp3) is 0. The second-order valence-electron chi connectivity index (χ2n) is 11.0. The van der Waals surface area contributed by atoms with Crippen LogP contribution in [0.4, 0.5) is 17.1 Å². The van der Waals surface area contributed by atoms with Gasteiger partial charge in [0.15, 0.2) is 11.4 Å². The third-order valence-electron chi connectivity index (χ3n) is 8.58. The van der Waals surface area contributed by atoms with Crippen LogP contribution in [0.2, 0.25) is 0 Å². The first-order valence-corrected chi connectivity index (χ1v) is 14.5. The summed E-state index contributed by atoms with van der Waals surface area (Å²) in [5.74, 6) is 0. The van der Waals surface area contributed by atoms with Crippen molar-refractivity contribution in [2.45, 2.75) is 0 Å². The molecule has 0 aliphatic heterocycles. The number of para-hydroxylation sites is 2. The fourth-order valence-corrected chi connectivity index (χ4v) is 6.64. The lowest BCUT2D eigenvalue weighted by Gasteiger charge is -2.20. The Morgan fingerprint density at radius 3 is 1.72 bits per heavy atom. The Hall–Kier alpha value is -7.12. The minimum absolute atomic E-state index is 0.439. The van der Waals surface area contributed by atoms with Crippen LogP contribution in [0.25, 0.3) is 80.6 Å². The second-order valence-corrected chi connectivity index (χ2v) is 11.0. The smallest absolute Gasteiger partial charge is 0.234 e. The van der Waals surface area contributed by atoms with Crippen LogP contribution in [0.5, 0.6) is 0 Å². The molecular formula is C40H20N6. The van der Waals surface area contributed by atoms with Gasteiger partial charge in [0.25, 0.3) is 0 Å². The van der Waals surface area contributed by atoms with Gasteiger partial charge in [-0.15, -0.1) is 0 Å². The van der Waals surface area contributed by atoms with E-state index in [9.17, 15) is 5.26 Å². The molecule has 0 spiro atoms. The normalized spacial score (nSPS) is 11.0. The molecular weight excluding hydrogens is 564 g/mol. The van der Waals surface area contributed by atoms with Crippen LogP contribution in [-0.4, -0.2) is 9.13 Å². The molecule has 0 aliphatic carbocycles. The van der Waals surface area contributed by atoms with Crippen LogP contribution in [0.1, 0.15) is 5.56 Å². The molecule has 0 unspecified atom stereocenters.